The molecule has 0 amide bonds. The van der Waals surface area contributed by atoms with Crippen molar-refractivity contribution in [2.45, 2.75) is 18.4 Å². The first kappa shape index (κ1) is 13.0. The number of hydrogen-bond donors (Lipinski definition) is 2. The third-order valence-corrected chi connectivity index (χ3v) is 4.34. The van der Waals surface area contributed by atoms with Gasteiger partial charge in [0.25, 0.3) is 0 Å². The summed E-state index contributed by atoms with van der Waals surface area (Å²) in [5.74, 6) is 1.20. The van der Waals surface area contributed by atoms with Crippen LogP contribution in [0.5, 0.6) is 0 Å². The molecule has 4 heteroatoms. The van der Waals surface area contributed by atoms with E-state index in [1.165, 1.54) is 0 Å². The van der Waals surface area contributed by atoms with Gasteiger partial charge < -0.3 is 10.2 Å². The van der Waals surface area contributed by atoms with Crippen LogP contribution in [0.2, 0.25) is 0 Å². The van der Waals surface area contributed by atoms with Gasteiger partial charge in [-0.1, -0.05) is 13.0 Å². The van der Waals surface area contributed by atoms with E-state index in [-0.39, 0.29) is 13.2 Å². The largest absolute Gasteiger partial charge is 0.396 e. The maximum absolute atomic E-state index is 8.95. The quantitative estimate of drug-likeness (QED) is 0.819. The van der Waals surface area contributed by atoms with Gasteiger partial charge in [0.15, 0.2) is 0 Å². The molecular weight excluding hydrogens is 276 g/mol. The van der Waals surface area contributed by atoms with Crippen molar-refractivity contribution in [3.63, 3.8) is 0 Å². The molecule has 0 saturated heterocycles. The zero-order valence-corrected chi connectivity index (χ0v) is 11.0. The standard InChI is InChI=1S/C11H15BrO2S/c1-8(5-13)7-15-11-3-2-9(6-14)4-10(11)12/h2-4,8,13-14H,5-7H2,1H3. The van der Waals surface area contributed by atoms with E-state index in [4.69, 9.17) is 10.2 Å². The Morgan fingerprint density at radius 1 is 1.40 bits per heavy atom. The van der Waals surface area contributed by atoms with Gasteiger partial charge in [-0.05, 0) is 39.5 Å². The first-order chi connectivity index (χ1) is 7.17. The molecule has 0 aliphatic heterocycles. The maximum Gasteiger partial charge on any atom is 0.0682 e. The molecule has 1 atom stereocenters. The second-order valence-corrected chi connectivity index (χ2v) is 5.44. The number of benzene rings is 1. The molecule has 0 aliphatic carbocycles. The molecule has 0 aliphatic rings. The van der Waals surface area contributed by atoms with Gasteiger partial charge in [-0.3, -0.25) is 0 Å². The lowest BCUT2D eigenvalue weighted by molar-refractivity contribution is 0.250. The van der Waals surface area contributed by atoms with Crippen LogP contribution < -0.4 is 0 Å². The van der Waals surface area contributed by atoms with E-state index in [0.717, 1.165) is 20.7 Å². The summed E-state index contributed by atoms with van der Waals surface area (Å²) in [7, 11) is 0. The van der Waals surface area contributed by atoms with Crippen molar-refractivity contribution in [3.8, 4) is 0 Å². The van der Waals surface area contributed by atoms with E-state index in [1.54, 1.807) is 11.8 Å². The minimum absolute atomic E-state index is 0.0661. The van der Waals surface area contributed by atoms with Gasteiger partial charge in [-0.2, -0.15) is 0 Å². The van der Waals surface area contributed by atoms with Gasteiger partial charge in [0.05, 0.1) is 6.61 Å². The van der Waals surface area contributed by atoms with Crippen molar-refractivity contribution in [1.82, 2.24) is 0 Å². The highest BCUT2D eigenvalue weighted by atomic mass is 79.9. The number of rotatable bonds is 5. The third-order valence-electron chi connectivity index (χ3n) is 2.01. The second-order valence-electron chi connectivity index (χ2n) is 3.52. The van der Waals surface area contributed by atoms with E-state index in [9.17, 15) is 0 Å². The molecule has 84 valence electrons. The SMILES string of the molecule is CC(CO)CSc1ccc(CO)cc1Br. The molecule has 2 nitrogen and oxygen atoms in total. The Balaban J connectivity index is 2.62. The van der Waals surface area contributed by atoms with Gasteiger partial charge in [0.1, 0.15) is 0 Å². The van der Waals surface area contributed by atoms with Crippen LogP contribution in [0.1, 0.15) is 12.5 Å². The molecule has 1 aromatic rings. The van der Waals surface area contributed by atoms with E-state index in [1.807, 2.05) is 25.1 Å². The lowest BCUT2D eigenvalue weighted by Crippen LogP contribution is -2.03. The minimum Gasteiger partial charge on any atom is -0.396 e. The monoisotopic (exact) mass is 290 g/mol. The fraction of sp³-hybridized carbons (Fsp3) is 0.455. The summed E-state index contributed by atoms with van der Waals surface area (Å²) in [6.45, 7) is 2.30. The van der Waals surface area contributed by atoms with Crippen molar-refractivity contribution in [2.75, 3.05) is 12.4 Å². The zero-order valence-electron chi connectivity index (χ0n) is 8.61. The highest BCUT2D eigenvalue weighted by molar-refractivity contribution is 9.10. The average Bonchev–Trinajstić information content (AvgIpc) is 2.26. The predicted octanol–water partition coefficient (Wildman–Crippen LogP) is 2.66. The fourth-order valence-corrected chi connectivity index (χ4v) is 2.74. The molecule has 0 aromatic heterocycles. The Morgan fingerprint density at radius 3 is 2.67 bits per heavy atom. The first-order valence-corrected chi connectivity index (χ1v) is 6.58. The van der Waals surface area contributed by atoms with Gasteiger partial charge in [0, 0.05) is 21.7 Å². The number of aliphatic hydroxyl groups is 2. The van der Waals surface area contributed by atoms with E-state index < -0.39 is 0 Å². The Labute approximate surface area is 103 Å². The first-order valence-electron chi connectivity index (χ1n) is 4.80. The number of hydrogen-bond acceptors (Lipinski definition) is 3. The van der Waals surface area contributed by atoms with Crippen molar-refractivity contribution in [1.29, 1.82) is 0 Å². The second kappa shape index (κ2) is 6.53. The summed E-state index contributed by atoms with van der Waals surface area (Å²) in [5.41, 5.74) is 0.904. The molecule has 0 spiro atoms. The minimum atomic E-state index is 0.0661. The Kier molecular flexibility index (Phi) is 5.68. The molecule has 0 saturated carbocycles. The van der Waals surface area contributed by atoms with E-state index in [0.29, 0.717) is 5.92 Å². The van der Waals surface area contributed by atoms with Crippen LogP contribution in [0.3, 0.4) is 0 Å². The zero-order chi connectivity index (χ0) is 11.3. The number of aliphatic hydroxyl groups excluding tert-OH is 2. The van der Waals surface area contributed by atoms with Crippen molar-refractivity contribution in [2.24, 2.45) is 5.92 Å². The molecule has 0 bridgehead atoms. The molecule has 1 rings (SSSR count). The summed E-state index contributed by atoms with van der Waals surface area (Å²) < 4.78 is 1.00. The topological polar surface area (TPSA) is 40.5 Å². The molecule has 0 heterocycles. The maximum atomic E-state index is 8.95. The molecule has 15 heavy (non-hydrogen) atoms. The molecule has 0 radical (unpaired) electrons. The third kappa shape index (κ3) is 4.15. The molecular formula is C11H15BrO2S. The van der Waals surface area contributed by atoms with Gasteiger partial charge in [-0.15, -0.1) is 11.8 Å². The summed E-state index contributed by atoms with van der Waals surface area (Å²) in [6, 6.07) is 5.83. The van der Waals surface area contributed by atoms with Crippen LogP contribution in [0.15, 0.2) is 27.6 Å². The lowest BCUT2D eigenvalue weighted by Gasteiger charge is -2.09. The van der Waals surface area contributed by atoms with Crippen molar-refractivity contribution in [3.05, 3.63) is 28.2 Å². The fourth-order valence-electron chi connectivity index (χ4n) is 1.04. The summed E-state index contributed by atoms with van der Waals surface area (Å²) in [4.78, 5) is 1.15. The molecule has 0 fully saturated rings. The molecule has 2 N–H and O–H groups in total. The summed E-state index contributed by atoms with van der Waals surface area (Å²) in [5, 5.41) is 17.9. The Morgan fingerprint density at radius 2 is 2.13 bits per heavy atom. The van der Waals surface area contributed by atoms with Crippen LogP contribution in [-0.2, 0) is 6.61 Å². The van der Waals surface area contributed by atoms with Gasteiger partial charge >= 0.3 is 0 Å². The highest BCUT2D eigenvalue weighted by Gasteiger charge is 2.05. The highest BCUT2D eigenvalue weighted by Crippen LogP contribution is 2.29. The Bertz CT molecular complexity index is 317. The van der Waals surface area contributed by atoms with Crippen LogP contribution >= 0.6 is 27.7 Å². The average molecular weight is 291 g/mol. The van der Waals surface area contributed by atoms with E-state index >= 15 is 0 Å². The Hall–Kier alpha value is -0.0300. The van der Waals surface area contributed by atoms with Crippen LogP contribution in [-0.4, -0.2) is 22.6 Å². The molecule has 1 unspecified atom stereocenters. The van der Waals surface area contributed by atoms with Crippen molar-refractivity contribution < 1.29 is 10.2 Å². The summed E-state index contributed by atoms with van der Waals surface area (Å²) in [6.07, 6.45) is 0. The summed E-state index contributed by atoms with van der Waals surface area (Å²) >= 11 is 5.18. The molecule has 1 aromatic carbocycles. The van der Waals surface area contributed by atoms with Gasteiger partial charge in [-0.25, -0.2) is 0 Å². The normalized spacial score (nSPS) is 12.8. The van der Waals surface area contributed by atoms with Crippen LogP contribution in [0.4, 0.5) is 0 Å². The van der Waals surface area contributed by atoms with Crippen LogP contribution in [0, 0.1) is 5.92 Å². The van der Waals surface area contributed by atoms with E-state index in [2.05, 4.69) is 15.9 Å². The van der Waals surface area contributed by atoms with Crippen LogP contribution in [0.25, 0.3) is 0 Å². The van der Waals surface area contributed by atoms with Crippen molar-refractivity contribution >= 4 is 27.7 Å². The number of thioether (sulfide) groups is 1. The smallest absolute Gasteiger partial charge is 0.0682 e. The predicted molar refractivity (Wildman–Crippen MR) is 67.0 cm³/mol. The van der Waals surface area contributed by atoms with Gasteiger partial charge in [0.2, 0.25) is 0 Å². The lowest BCUT2D eigenvalue weighted by atomic mass is 10.2. The number of halogens is 1.